The molecule has 0 saturated heterocycles. The zero-order chi connectivity index (χ0) is 17.4. The second-order valence-electron chi connectivity index (χ2n) is 5.97. The van der Waals surface area contributed by atoms with Crippen LogP contribution in [0.25, 0.3) is 0 Å². The van der Waals surface area contributed by atoms with Gasteiger partial charge in [-0.15, -0.1) is 0 Å². The van der Waals surface area contributed by atoms with Gasteiger partial charge in [-0.3, -0.25) is 4.68 Å². The summed E-state index contributed by atoms with van der Waals surface area (Å²) < 4.78 is 20.8. The molecule has 1 heterocycles. The summed E-state index contributed by atoms with van der Waals surface area (Å²) in [6, 6.07) is 8.55. The molecule has 132 valence electrons. The number of halogens is 1. The molecule has 24 heavy (non-hydrogen) atoms. The predicted octanol–water partition coefficient (Wildman–Crippen LogP) is 2.20. The average molecular weight is 335 g/mol. The van der Waals surface area contributed by atoms with Crippen LogP contribution in [0.2, 0.25) is 0 Å². The van der Waals surface area contributed by atoms with Gasteiger partial charge in [0.2, 0.25) is 0 Å². The smallest absolute Gasteiger partial charge is 0.128 e. The van der Waals surface area contributed by atoms with Gasteiger partial charge in [-0.25, -0.2) is 4.39 Å². The van der Waals surface area contributed by atoms with Crippen LogP contribution in [0, 0.1) is 19.7 Å². The Bertz CT molecular complexity index is 630. The third-order valence-corrected chi connectivity index (χ3v) is 3.73. The summed E-state index contributed by atoms with van der Waals surface area (Å²) in [4.78, 5) is 0. The number of aromatic nitrogens is 2. The van der Waals surface area contributed by atoms with Gasteiger partial charge < -0.3 is 15.2 Å². The molecule has 1 atom stereocenters. The Balaban J connectivity index is 1.54. The highest BCUT2D eigenvalue weighted by Crippen LogP contribution is 2.07. The van der Waals surface area contributed by atoms with Gasteiger partial charge in [0.15, 0.2) is 0 Å². The van der Waals surface area contributed by atoms with Gasteiger partial charge >= 0.3 is 0 Å². The Morgan fingerprint density at radius 2 is 2.12 bits per heavy atom. The van der Waals surface area contributed by atoms with E-state index in [4.69, 9.17) is 4.74 Å². The average Bonchev–Trinajstić information content (AvgIpc) is 2.86. The molecule has 2 rings (SSSR count). The first-order valence-corrected chi connectivity index (χ1v) is 8.27. The van der Waals surface area contributed by atoms with Gasteiger partial charge in [0.1, 0.15) is 5.82 Å². The molecule has 0 aliphatic rings. The number of rotatable bonds is 10. The summed E-state index contributed by atoms with van der Waals surface area (Å²) in [7, 11) is 0. The van der Waals surface area contributed by atoms with Crippen LogP contribution in [-0.2, 0) is 17.9 Å². The van der Waals surface area contributed by atoms with Gasteiger partial charge in [0.05, 0.1) is 25.0 Å². The number of aryl methyl sites for hydroxylation is 3. The molecular formula is C18H26FN3O2. The fourth-order valence-electron chi connectivity index (χ4n) is 2.50. The van der Waals surface area contributed by atoms with E-state index in [0.717, 1.165) is 30.9 Å². The van der Waals surface area contributed by atoms with Crippen LogP contribution in [0.1, 0.15) is 23.4 Å². The van der Waals surface area contributed by atoms with Crippen LogP contribution in [0.15, 0.2) is 30.3 Å². The Labute approximate surface area is 142 Å². The maximum atomic E-state index is 13.4. The third kappa shape index (κ3) is 6.03. The Morgan fingerprint density at radius 3 is 2.83 bits per heavy atom. The topological polar surface area (TPSA) is 59.3 Å². The molecule has 1 unspecified atom stereocenters. The van der Waals surface area contributed by atoms with Gasteiger partial charge in [0.25, 0.3) is 0 Å². The highest BCUT2D eigenvalue weighted by molar-refractivity contribution is 5.16. The summed E-state index contributed by atoms with van der Waals surface area (Å²) in [5.41, 5.74) is 2.69. The Morgan fingerprint density at radius 1 is 1.33 bits per heavy atom. The van der Waals surface area contributed by atoms with Gasteiger partial charge in [-0.2, -0.15) is 5.10 Å². The zero-order valence-corrected chi connectivity index (χ0v) is 14.3. The van der Waals surface area contributed by atoms with E-state index in [1.807, 2.05) is 18.5 Å². The largest absolute Gasteiger partial charge is 0.389 e. The molecule has 0 aliphatic carbocycles. The van der Waals surface area contributed by atoms with Gasteiger partial charge in [-0.1, -0.05) is 18.2 Å². The van der Waals surface area contributed by atoms with E-state index in [0.29, 0.717) is 12.1 Å². The molecular weight excluding hydrogens is 309 g/mol. The highest BCUT2D eigenvalue weighted by atomic mass is 19.1. The predicted molar refractivity (Wildman–Crippen MR) is 91.3 cm³/mol. The summed E-state index contributed by atoms with van der Waals surface area (Å²) in [6.45, 7) is 6.48. The molecule has 1 aromatic carbocycles. The SMILES string of the molecule is Cc1cc(C)n(CCCNCC(O)COCc2ccccc2F)n1. The van der Waals surface area contributed by atoms with Crippen LogP contribution in [0.4, 0.5) is 4.39 Å². The summed E-state index contributed by atoms with van der Waals surface area (Å²) in [5, 5.41) is 17.5. The molecule has 0 spiro atoms. The van der Waals surface area contributed by atoms with Crippen molar-refractivity contribution in [3.63, 3.8) is 0 Å². The molecule has 0 bridgehead atoms. The van der Waals surface area contributed by atoms with Crippen LogP contribution in [-0.4, -0.2) is 40.7 Å². The van der Waals surface area contributed by atoms with E-state index in [1.54, 1.807) is 18.2 Å². The van der Waals surface area contributed by atoms with Crippen molar-refractivity contribution in [1.29, 1.82) is 0 Å². The lowest BCUT2D eigenvalue weighted by molar-refractivity contribution is 0.0279. The monoisotopic (exact) mass is 335 g/mol. The molecule has 1 aromatic heterocycles. The minimum absolute atomic E-state index is 0.168. The Kier molecular flexibility index (Phi) is 7.36. The number of ether oxygens (including phenoxy) is 1. The van der Waals surface area contributed by atoms with Crippen molar-refractivity contribution in [1.82, 2.24) is 15.1 Å². The first kappa shape index (κ1) is 18.6. The lowest BCUT2D eigenvalue weighted by Crippen LogP contribution is -2.31. The van der Waals surface area contributed by atoms with Crippen LogP contribution < -0.4 is 5.32 Å². The van der Waals surface area contributed by atoms with E-state index >= 15 is 0 Å². The second kappa shape index (κ2) is 9.52. The molecule has 5 nitrogen and oxygen atoms in total. The van der Waals surface area contributed by atoms with Crippen LogP contribution in [0.3, 0.4) is 0 Å². The maximum absolute atomic E-state index is 13.4. The molecule has 0 saturated carbocycles. The first-order chi connectivity index (χ1) is 11.6. The van der Waals surface area contributed by atoms with E-state index in [-0.39, 0.29) is 19.0 Å². The van der Waals surface area contributed by atoms with Crippen molar-refractivity contribution < 1.29 is 14.2 Å². The standard InChI is InChI=1S/C18H26FN3O2/c1-14-10-15(2)22(21-14)9-5-8-20-11-17(23)13-24-12-16-6-3-4-7-18(16)19/h3-4,6-7,10,17,20,23H,5,8-9,11-13H2,1-2H3. The molecule has 6 heteroatoms. The van der Waals surface area contributed by atoms with Crippen molar-refractivity contribution in [3.8, 4) is 0 Å². The fraction of sp³-hybridized carbons (Fsp3) is 0.500. The molecule has 0 fully saturated rings. The lowest BCUT2D eigenvalue weighted by Gasteiger charge is -2.13. The van der Waals surface area contributed by atoms with E-state index in [2.05, 4.69) is 16.5 Å². The number of nitrogens with zero attached hydrogens (tertiary/aromatic N) is 2. The molecule has 2 aromatic rings. The first-order valence-electron chi connectivity index (χ1n) is 8.27. The quantitative estimate of drug-likeness (QED) is 0.654. The summed E-state index contributed by atoms with van der Waals surface area (Å²) >= 11 is 0. The second-order valence-corrected chi connectivity index (χ2v) is 5.97. The van der Waals surface area contributed by atoms with E-state index < -0.39 is 6.10 Å². The number of hydrogen-bond acceptors (Lipinski definition) is 4. The lowest BCUT2D eigenvalue weighted by atomic mass is 10.2. The number of aliphatic hydroxyl groups excluding tert-OH is 1. The van der Waals surface area contributed by atoms with Gasteiger partial charge in [-0.05, 0) is 38.9 Å². The third-order valence-electron chi connectivity index (χ3n) is 3.73. The maximum Gasteiger partial charge on any atom is 0.128 e. The van der Waals surface area contributed by atoms with Crippen molar-refractivity contribution in [2.75, 3.05) is 19.7 Å². The van der Waals surface area contributed by atoms with E-state index in [1.165, 1.54) is 6.07 Å². The zero-order valence-electron chi connectivity index (χ0n) is 14.3. The summed E-state index contributed by atoms with van der Waals surface area (Å²) in [6.07, 6.45) is 0.329. The van der Waals surface area contributed by atoms with Crippen molar-refractivity contribution in [2.45, 2.75) is 39.5 Å². The number of nitrogens with one attached hydrogen (secondary N) is 1. The Hall–Kier alpha value is -1.76. The number of hydrogen-bond donors (Lipinski definition) is 2. The highest BCUT2D eigenvalue weighted by Gasteiger charge is 2.06. The van der Waals surface area contributed by atoms with Crippen LogP contribution in [0.5, 0.6) is 0 Å². The van der Waals surface area contributed by atoms with Gasteiger partial charge in [0, 0.05) is 24.3 Å². The minimum Gasteiger partial charge on any atom is -0.389 e. The minimum atomic E-state index is -0.606. The molecule has 0 amide bonds. The van der Waals surface area contributed by atoms with Crippen molar-refractivity contribution >= 4 is 0 Å². The summed E-state index contributed by atoms with van der Waals surface area (Å²) in [5.74, 6) is -0.283. The molecule has 0 aliphatic heterocycles. The van der Waals surface area contributed by atoms with Crippen molar-refractivity contribution in [2.24, 2.45) is 0 Å². The molecule has 0 radical (unpaired) electrons. The number of aliphatic hydroxyl groups is 1. The fourth-order valence-corrected chi connectivity index (χ4v) is 2.50. The van der Waals surface area contributed by atoms with Crippen LogP contribution >= 0.6 is 0 Å². The van der Waals surface area contributed by atoms with E-state index in [9.17, 15) is 9.50 Å². The normalized spacial score (nSPS) is 12.5. The number of benzene rings is 1. The van der Waals surface area contributed by atoms with Crippen molar-refractivity contribution in [3.05, 3.63) is 53.1 Å². The molecule has 2 N–H and O–H groups in total.